The van der Waals surface area contributed by atoms with E-state index in [-0.39, 0.29) is 27.4 Å². The third-order valence-corrected chi connectivity index (χ3v) is 4.40. The molecule has 1 aromatic heterocycles. The van der Waals surface area contributed by atoms with Crippen molar-refractivity contribution in [2.24, 2.45) is 0 Å². The zero-order chi connectivity index (χ0) is 22.3. The number of hydrogen-bond acceptors (Lipinski definition) is 3. The first-order valence-corrected chi connectivity index (χ1v) is 8.56. The van der Waals surface area contributed by atoms with Crippen LogP contribution in [0.3, 0.4) is 0 Å². The van der Waals surface area contributed by atoms with Crippen molar-refractivity contribution < 1.29 is 35.5 Å². The van der Waals surface area contributed by atoms with Gasteiger partial charge in [-0.05, 0) is 36.4 Å². The van der Waals surface area contributed by atoms with E-state index in [0.717, 1.165) is 6.07 Å². The lowest BCUT2D eigenvalue weighted by Gasteiger charge is -2.13. The molecule has 3 nitrogen and oxygen atoms in total. The number of halogens is 9. The molecule has 0 unspecified atom stereocenters. The van der Waals surface area contributed by atoms with Gasteiger partial charge in [-0.25, -0.2) is 4.39 Å². The lowest BCUT2D eigenvalue weighted by atomic mass is 10.1. The summed E-state index contributed by atoms with van der Waals surface area (Å²) in [4.78, 5) is 6.97. The Kier molecular flexibility index (Phi) is 5.83. The minimum absolute atomic E-state index is 0.0390. The fraction of sp³-hybridized carbons (Fsp3) is 0.111. The van der Waals surface area contributed by atoms with E-state index >= 15 is 0 Å². The molecule has 2 aromatic carbocycles. The highest BCUT2D eigenvalue weighted by atomic mass is 35.5. The molecule has 1 heterocycles. The predicted octanol–water partition coefficient (Wildman–Crippen LogP) is 7.42. The molecule has 0 aliphatic heterocycles. The highest BCUT2D eigenvalue weighted by Crippen LogP contribution is 2.36. The van der Waals surface area contributed by atoms with E-state index in [4.69, 9.17) is 27.9 Å². The standard InChI is InChI=1S/C18H7Cl2F7N2O/c19-11-3-1-8(5-12(11)20)14-7-15(18(25,26)27)29-16(28-14)30-9-2-4-13(21)10(6-9)17(22,23)24/h1-7H. The Morgan fingerprint density at radius 2 is 1.47 bits per heavy atom. The smallest absolute Gasteiger partial charge is 0.424 e. The van der Waals surface area contributed by atoms with Crippen LogP contribution in [0.4, 0.5) is 30.7 Å². The first kappa shape index (κ1) is 22.1. The molecule has 0 fully saturated rings. The molecule has 3 aromatic rings. The van der Waals surface area contributed by atoms with Gasteiger partial charge in [0.05, 0.1) is 21.3 Å². The van der Waals surface area contributed by atoms with Crippen LogP contribution in [0.1, 0.15) is 11.3 Å². The zero-order valence-electron chi connectivity index (χ0n) is 14.2. The number of rotatable bonds is 3. The lowest BCUT2D eigenvalue weighted by molar-refractivity contribution is -0.141. The van der Waals surface area contributed by atoms with Crippen molar-refractivity contribution in [1.29, 1.82) is 0 Å². The third-order valence-electron chi connectivity index (χ3n) is 3.66. The monoisotopic (exact) mass is 470 g/mol. The summed E-state index contributed by atoms with van der Waals surface area (Å²) in [5.41, 5.74) is -3.22. The summed E-state index contributed by atoms with van der Waals surface area (Å²) in [5.74, 6) is -2.18. The molecule has 0 amide bonds. The van der Waals surface area contributed by atoms with Crippen LogP contribution >= 0.6 is 23.2 Å². The second-order valence-corrected chi connectivity index (χ2v) is 6.60. The second-order valence-electron chi connectivity index (χ2n) is 5.79. The first-order chi connectivity index (χ1) is 13.8. The van der Waals surface area contributed by atoms with Crippen LogP contribution in [0.25, 0.3) is 11.3 Å². The average molecular weight is 471 g/mol. The maximum atomic E-state index is 13.4. The normalized spacial score (nSPS) is 12.2. The molecule has 0 atom stereocenters. The lowest BCUT2D eigenvalue weighted by Crippen LogP contribution is -2.11. The summed E-state index contributed by atoms with van der Waals surface area (Å²) in [6.07, 6.45) is -9.95. The molecule has 0 spiro atoms. The van der Waals surface area contributed by atoms with Crippen LogP contribution in [0.15, 0.2) is 42.5 Å². The number of nitrogens with zero attached hydrogens (tertiary/aromatic N) is 2. The van der Waals surface area contributed by atoms with Gasteiger partial charge in [-0.2, -0.15) is 36.3 Å². The van der Waals surface area contributed by atoms with Gasteiger partial charge >= 0.3 is 18.4 Å². The van der Waals surface area contributed by atoms with Gasteiger partial charge in [0.2, 0.25) is 0 Å². The van der Waals surface area contributed by atoms with E-state index in [9.17, 15) is 30.7 Å². The Bertz CT molecular complexity index is 1100. The summed E-state index contributed by atoms with van der Waals surface area (Å²) in [7, 11) is 0. The fourth-order valence-corrected chi connectivity index (χ4v) is 2.61. The van der Waals surface area contributed by atoms with Crippen LogP contribution < -0.4 is 4.74 Å². The Morgan fingerprint density at radius 3 is 2.07 bits per heavy atom. The van der Waals surface area contributed by atoms with Crippen molar-refractivity contribution in [3.8, 4) is 23.0 Å². The molecule has 0 saturated carbocycles. The van der Waals surface area contributed by atoms with Gasteiger partial charge in [-0.3, -0.25) is 0 Å². The molecule has 3 rings (SSSR count). The van der Waals surface area contributed by atoms with Gasteiger partial charge < -0.3 is 4.74 Å². The van der Waals surface area contributed by atoms with Gasteiger partial charge in [-0.1, -0.05) is 29.3 Å². The summed E-state index contributed by atoms with van der Waals surface area (Å²) in [5, 5.41) is 0.185. The summed E-state index contributed by atoms with van der Waals surface area (Å²) < 4.78 is 96.6. The average Bonchev–Trinajstić information content (AvgIpc) is 2.63. The largest absolute Gasteiger partial charge is 0.433 e. The van der Waals surface area contributed by atoms with Gasteiger partial charge in [0, 0.05) is 5.56 Å². The Hall–Kier alpha value is -2.59. The van der Waals surface area contributed by atoms with Gasteiger partial charge in [0.1, 0.15) is 11.6 Å². The SMILES string of the molecule is Fc1ccc(Oc2nc(-c3ccc(Cl)c(Cl)c3)cc(C(F)(F)F)n2)cc1C(F)(F)F. The van der Waals surface area contributed by atoms with Crippen molar-refractivity contribution in [1.82, 2.24) is 9.97 Å². The minimum atomic E-state index is -5.04. The summed E-state index contributed by atoms with van der Waals surface area (Å²) in [6, 6.07) is 5.17. The maximum absolute atomic E-state index is 13.4. The van der Waals surface area contributed by atoms with Crippen molar-refractivity contribution in [3.63, 3.8) is 0 Å². The quantitative estimate of drug-likeness (QED) is 0.373. The molecule has 0 saturated heterocycles. The number of aromatic nitrogens is 2. The molecule has 0 aliphatic carbocycles. The summed E-state index contributed by atoms with van der Waals surface area (Å²) in [6.45, 7) is 0. The molecule has 158 valence electrons. The Balaban J connectivity index is 2.08. The van der Waals surface area contributed by atoms with Gasteiger partial charge in [0.15, 0.2) is 5.69 Å². The van der Waals surface area contributed by atoms with Crippen molar-refractivity contribution in [2.75, 3.05) is 0 Å². The van der Waals surface area contributed by atoms with Crippen molar-refractivity contribution in [3.05, 3.63) is 69.6 Å². The molecule has 0 N–H and O–H groups in total. The van der Waals surface area contributed by atoms with E-state index in [2.05, 4.69) is 9.97 Å². The topological polar surface area (TPSA) is 35.0 Å². The molecule has 0 bridgehead atoms. The van der Waals surface area contributed by atoms with E-state index in [1.54, 1.807) is 0 Å². The molecule has 0 radical (unpaired) electrons. The Morgan fingerprint density at radius 1 is 0.767 bits per heavy atom. The van der Waals surface area contributed by atoms with E-state index in [1.807, 2.05) is 0 Å². The van der Waals surface area contributed by atoms with E-state index < -0.39 is 41.2 Å². The summed E-state index contributed by atoms with van der Waals surface area (Å²) >= 11 is 11.7. The molecule has 0 aliphatic rings. The number of ether oxygens (including phenoxy) is 1. The minimum Gasteiger partial charge on any atom is -0.424 e. The molecule has 30 heavy (non-hydrogen) atoms. The first-order valence-electron chi connectivity index (χ1n) is 7.81. The van der Waals surface area contributed by atoms with Crippen LogP contribution in [0.5, 0.6) is 11.8 Å². The number of hydrogen-bond donors (Lipinski definition) is 0. The zero-order valence-corrected chi connectivity index (χ0v) is 15.8. The second kappa shape index (κ2) is 7.92. The number of alkyl halides is 6. The van der Waals surface area contributed by atoms with Gasteiger partial charge in [0.25, 0.3) is 0 Å². The van der Waals surface area contributed by atoms with Crippen LogP contribution in [-0.4, -0.2) is 9.97 Å². The third kappa shape index (κ3) is 4.93. The molecule has 12 heteroatoms. The van der Waals surface area contributed by atoms with Crippen LogP contribution in [-0.2, 0) is 12.4 Å². The highest BCUT2D eigenvalue weighted by molar-refractivity contribution is 6.42. The van der Waals surface area contributed by atoms with Crippen LogP contribution in [0.2, 0.25) is 10.0 Å². The number of benzene rings is 2. The maximum Gasteiger partial charge on any atom is 0.433 e. The highest BCUT2D eigenvalue weighted by Gasteiger charge is 2.36. The molecular formula is C18H7Cl2F7N2O. The van der Waals surface area contributed by atoms with E-state index in [1.165, 1.54) is 18.2 Å². The van der Waals surface area contributed by atoms with Crippen molar-refractivity contribution >= 4 is 23.2 Å². The van der Waals surface area contributed by atoms with Crippen molar-refractivity contribution in [2.45, 2.75) is 12.4 Å². The predicted molar refractivity (Wildman–Crippen MR) is 94.0 cm³/mol. The molecular weight excluding hydrogens is 464 g/mol. The fourth-order valence-electron chi connectivity index (χ4n) is 2.31. The van der Waals surface area contributed by atoms with E-state index in [0.29, 0.717) is 12.1 Å². The van der Waals surface area contributed by atoms with Gasteiger partial charge in [-0.15, -0.1) is 0 Å². The Labute approximate surface area is 174 Å². The van der Waals surface area contributed by atoms with Crippen LogP contribution in [0, 0.1) is 5.82 Å².